The minimum Gasteiger partial charge on any atom is -0.444 e. The fourth-order valence-electron chi connectivity index (χ4n) is 2.03. The lowest BCUT2D eigenvalue weighted by atomic mass is 10.3. The SMILES string of the molecule is c1csc(-c2nc(CSc3nc4ccccc4[nH]3)co2)c1. The summed E-state index contributed by atoms with van der Waals surface area (Å²) in [4.78, 5) is 13.4. The summed E-state index contributed by atoms with van der Waals surface area (Å²) in [5.74, 6) is 1.42. The lowest BCUT2D eigenvalue weighted by molar-refractivity contribution is 0.575. The number of aromatic nitrogens is 3. The van der Waals surface area contributed by atoms with E-state index in [2.05, 4.69) is 15.0 Å². The van der Waals surface area contributed by atoms with Crippen LogP contribution in [-0.4, -0.2) is 15.0 Å². The minimum atomic E-state index is 0.685. The molecule has 1 aromatic carbocycles. The Morgan fingerprint density at radius 1 is 1.14 bits per heavy atom. The van der Waals surface area contributed by atoms with Crippen molar-refractivity contribution in [1.29, 1.82) is 0 Å². The first-order chi connectivity index (χ1) is 10.4. The monoisotopic (exact) mass is 313 g/mol. The summed E-state index contributed by atoms with van der Waals surface area (Å²) in [6, 6.07) is 12.0. The van der Waals surface area contributed by atoms with Gasteiger partial charge >= 0.3 is 0 Å². The van der Waals surface area contributed by atoms with Crippen molar-refractivity contribution < 1.29 is 4.42 Å². The van der Waals surface area contributed by atoms with E-state index in [0.717, 1.165) is 32.5 Å². The van der Waals surface area contributed by atoms with Crippen LogP contribution in [0.4, 0.5) is 0 Å². The lowest BCUT2D eigenvalue weighted by Gasteiger charge is -1.92. The molecule has 0 radical (unpaired) electrons. The van der Waals surface area contributed by atoms with E-state index >= 15 is 0 Å². The average Bonchev–Trinajstić information content (AvgIpc) is 3.23. The summed E-state index contributed by atoms with van der Waals surface area (Å²) in [6.07, 6.45) is 1.71. The van der Waals surface area contributed by atoms with Crippen LogP contribution < -0.4 is 0 Å². The van der Waals surface area contributed by atoms with Gasteiger partial charge in [0.25, 0.3) is 0 Å². The molecule has 0 fully saturated rings. The summed E-state index contributed by atoms with van der Waals surface area (Å²) in [7, 11) is 0. The Morgan fingerprint density at radius 3 is 2.95 bits per heavy atom. The highest BCUT2D eigenvalue weighted by molar-refractivity contribution is 7.98. The van der Waals surface area contributed by atoms with Gasteiger partial charge in [-0.05, 0) is 23.6 Å². The van der Waals surface area contributed by atoms with Crippen LogP contribution in [0.25, 0.3) is 21.8 Å². The first kappa shape index (κ1) is 12.7. The number of hydrogen-bond acceptors (Lipinski definition) is 5. The van der Waals surface area contributed by atoms with Crippen molar-refractivity contribution in [2.75, 3.05) is 0 Å². The number of imidazole rings is 1. The van der Waals surface area contributed by atoms with E-state index in [9.17, 15) is 0 Å². The molecule has 0 atom stereocenters. The fraction of sp³-hybridized carbons (Fsp3) is 0.0667. The Balaban J connectivity index is 1.49. The molecule has 3 aromatic heterocycles. The van der Waals surface area contributed by atoms with Gasteiger partial charge in [-0.3, -0.25) is 0 Å². The largest absolute Gasteiger partial charge is 0.444 e. The van der Waals surface area contributed by atoms with E-state index in [1.807, 2.05) is 41.8 Å². The predicted molar refractivity (Wildman–Crippen MR) is 85.5 cm³/mol. The Bertz CT molecular complexity index is 831. The van der Waals surface area contributed by atoms with Crippen LogP contribution in [0.3, 0.4) is 0 Å². The molecule has 0 amide bonds. The number of hydrogen-bond donors (Lipinski definition) is 1. The smallest absolute Gasteiger partial charge is 0.236 e. The van der Waals surface area contributed by atoms with E-state index in [1.165, 1.54) is 0 Å². The number of rotatable bonds is 4. The molecule has 104 valence electrons. The summed E-state index contributed by atoms with van der Waals surface area (Å²) < 4.78 is 5.51. The van der Waals surface area contributed by atoms with Crippen LogP contribution in [-0.2, 0) is 5.75 Å². The van der Waals surface area contributed by atoms with Crippen molar-refractivity contribution in [3.63, 3.8) is 0 Å². The van der Waals surface area contributed by atoms with Crippen LogP contribution in [0, 0.1) is 0 Å². The number of thiophene rings is 1. The molecule has 0 aliphatic carbocycles. The van der Waals surface area contributed by atoms with Gasteiger partial charge in [-0.25, -0.2) is 9.97 Å². The third kappa shape index (κ3) is 2.59. The molecule has 4 aromatic rings. The Morgan fingerprint density at radius 2 is 2.10 bits per heavy atom. The number of fused-ring (bicyclic) bond motifs is 1. The molecule has 3 heterocycles. The molecule has 4 nitrogen and oxygen atoms in total. The molecule has 0 saturated carbocycles. The molecule has 0 bridgehead atoms. The van der Waals surface area contributed by atoms with Gasteiger partial charge in [0.1, 0.15) is 6.26 Å². The highest BCUT2D eigenvalue weighted by Crippen LogP contribution is 2.27. The van der Waals surface area contributed by atoms with E-state index in [0.29, 0.717) is 5.89 Å². The molecule has 0 spiro atoms. The Hall–Kier alpha value is -2.05. The number of oxazole rings is 1. The fourth-order valence-corrected chi connectivity index (χ4v) is 3.44. The van der Waals surface area contributed by atoms with Crippen LogP contribution in [0.1, 0.15) is 5.69 Å². The van der Waals surface area contributed by atoms with Crippen molar-refractivity contribution in [2.24, 2.45) is 0 Å². The van der Waals surface area contributed by atoms with Gasteiger partial charge in [0.15, 0.2) is 5.16 Å². The standard InChI is InChI=1S/C15H11N3OS2/c1-2-5-12-11(4-1)17-15(18-12)21-9-10-8-19-14(16-10)13-6-3-7-20-13/h1-8H,9H2,(H,17,18). The van der Waals surface area contributed by atoms with Gasteiger partial charge in [-0.2, -0.15) is 0 Å². The van der Waals surface area contributed by atoms with Crippen LogP contribution >= 0.6 is 23.1 Å². The number of aromatic amines is 1. The molecular weight excluding hydrogens is 302 g/mol. The van der Waals surface area contributed by atoms with Crippen molar-refractivity contribution in [2.45, 2.75) is 10.9 Å². The molecule has 21 heavy (non-hydrogen) atoms. The number of benzene rings is 1. The minimum absolute atomic E-state index is 0.685. The predicted octanol–water partition coefficient (Wildman–Crippen LogP) is 4.57. The van der Waals surface area contributed by atoms with Gasteiger partial charge < -0.3 is 9.40 Å². The van der Waals surface area contributed by atoms with Crippen molar-refractivity contribution in [1.82, 2.24) is 15.0 Å². The summed E-state index contributed by atoms with van der Waals surface area (Å²) in [5.41, 5.74) is 2.96. The van der Waals surface area contributed by atoms with Gasteiger partial charge in [0.2, 0.25) is 5.89 Å². The molecule has 0 aliphatic rings. The molecule has 0 unspecified atom stereocenters. The maximum absolute atomic E-state index is 5.51. The Kier molecular flexibility index (Phi) is 3.25. The van der Waals surface area contributed by atoms with E-state index in [-0.39, 0.29) is 0 Å². The number of nitrogens with one attached hydrogen (secondary N) is 1. The third-order valence-corrected chi connectivity index (χ3v) is 4.77. The normalized spacial score (nSPS) is 11.2. The number of H-pyrrole nitrogens is 1. The summed E-state index contributed by atoms with van der Waals surface area (Å²) in [5, 5.41) is 2.92. The van der Waals surface area contributed by atoms with E-state index in [1.54, 1.807) is 29.4 Å². The molecular formula is C15H11N3OS2. The van der Waals surface area contributed by atoms with Gasteiger partial charge in [-0.1, -0.05) is 30.0 Å². The quantitative estimate of drug-likeness (QED) is 0.561. The lowest BCUT2D eigenvalue weighted by Crippen LogP contribution is -1.82. The second-order valence-electron chi connectivity index (χ2n) is 4.47. The number of thioether (sulfide) groups is 1. The highest BCUT2D eigenvalue weighted by atomic mass is 32.2. The molecule has 6 heteroatoms. The zero-order valence-electron chi connectivity index (χ0n) is 10.9. The van der Waals surface area contributed by atoms with Gasteiger partial charge in [0, 0.05) is 5.75 Å². The topological polar surface area (TPSA) is 54.7 Å². The van der Waals surface area contributed by atoms with Crippen LogP contribution in [0.15, 0.2) is 57.6 Å². The van der Waals surface area contributed by atoms with Crippen molar-refractivity contribution in [3.05, 3.63) is 53.7 Å². The number of para-hydroxylation sites is 2. The van der Waals surface area contributed by atoms with Crippen LogP contribution in [0.5, 0.6) is 0 Å². The molecule has 4 rings (SSSR count). The Labute approximate surface area is 129 Å². The van der Waals surface area contributed by atoms with Gasteiger partial charge in [-0.15, -0.1) is 11.3 Å². The molecule has 0 saturated heterocycles. The van der Waals surface area contributed by atoms with Crippen molar-refractivity contribution in [3.8, 4) is 10.8 Å². The first-order valence-electron chi connectivity index (χ1n) is 6.44. The zero-order valence-corrected chi connectivity index (χ0v) is 12.6. The summed E-state index contributed by atoms with van der Waals surface area (Å²) >= 11 is 3.25. The van der Waals surface area contributed by atoms with E-state index < -0.39 is 0 Å². The van der Waals surface area contributed by atoms with Crippen molar-refractivity contribution >= 4 is 34.1 Å². The van der Waals surface area contributed by atoms with Crippen LogP contribution in [0.2, 0.25) is 0 Å². The number of nitrogens with zero attached hydrogens (tertiary/aromatic N) is 2. The summed E-state index contributed by atoms with van der Waals surface area (Å²) in [6.45, 7) is 0. The molecule has 0 aliphatic heterocycles. The second kappa shape index (κ2) is 5.38. The maximum atomic E-state index is 5.51. The highest BCUT2D eigenvalue weighted by Gasteiger charge is 2.09. The molecule has 1 N–H and O–H groups in total. The maximum Gasteiger partial charge on any atom is 0.236 e. The second-order valence-corrected chi connectivity index (χ2v) is 6.38. The van der Waals surface area contributed by atoms with Gasteiger partial charge in [0.05, 0.1) is 21.6 Å². The van der Waals surface area contributed by atoms with E-state index in [4.69, 9.17) is 4.42 Å². The average molecular weight is 313 g/mol. The third-order valence-electron chi connectivity index (χ3n) is 3.01. The zero-order chi connectivity index (χ0) is 14.1. The first-order valence-corrected chi connectivity index (χ1v) is 8.31.